The third-order valence-electron chi connectivity index (χ3n) is 9.35. The van der Waals surface area contributed by atoms with Crippen LogP contribution in [0.2, 0.25) is 0 Å². The summed E-state index contributed by atoms with van der Waals surface area (Å²) in [5.41, 5.74) is 1.59. The number of aliphatic imine (C=N–C) groups is 1. The van der Waals surface area contributed by atoms with Gasteiger partial charge in [0.1, 0.15) is 41.9 Å². The van der Waals surface area contributed by atoms with Crippen LogP contribution in [0.25, 0.3) is 0 Å². The molecule has 70 heavy (non-hydrogen) atoms. The van der Waals surface area contributed by atoms with E-state index in [1.54, 1.807) is 13.8 Å². The van der Waals surface area contributed by atoms with E-state index in [0.29, 0.717) is 17.1 Å². The number of aliphatic carboxylic acids is 5. The second kappa shape index (κ2) is 30.4. The number of nitrogens with zero attached hydrogens (tertiary/aromatic N) is 1. The van der Waals surface area contributed by atoms with Crippen LogP contribution in [0.5, 0.6) is 0 Å². The number of hydrogen-bond acceptors (Lipinski definition) is 16. The normalized spacial score (nSPS) is 13.4. The number of carbonyl (C=O) groups excluding carboxylic acids is 7. The number of allylic oxidation sites excluding steroid dienone is 1. The smallest absolute Gasteiger partial charge is 0.327 e. The number of nitrogens with one attached hydrogen (secondary N) is 9. The predicted octanol–water partition coefficient (Wildman–Crippen LogP) is -2.45. The summed E-state index contributed by atoms with van der Waals surface area (Å²) in [6.45, 7) is 10.9. The number of amides is 7. The van der Waals surface area contributed by atoms with Crippen LogP contribution in [0.1, 0.15) is 69.2 Å². The molecule has 0 spiro atoms. The van der Waals surface area contributed by atoms with Gasteiger partial charge in [-0.1, -0.05) is 13.2 Å². The molecule has 0 aliphatic heterocycles. The quantitative estimate of drug-likeness (QED) is 0.0150. The molecule has 1 rings (SSSR count). The minimum Gasteiger partial charge on any atom is -0.481 e. The number of carbonyl (C=O) groups is 12. The first kappa shape index (κ1) is 60.0. The topological polar surface area (TPSA) is 427 Å². The number of rotatable bonds is 33. The standard InChI is InChI=1S/C42H58N10O17S/c1-20(2)44-14-6-7-25(37(62)50-28(16-33(56)57)39(64)51-29(17-34(58)59)40(65)52-30(19-70)42(68)69)48-38(63)27(15-32(54)55)47-31(53)13-12-26(41(66)67)49-36(61)23-8-10-24(11-9-23)45-18-21(3)46-22(4)35(60)43-5/h8-11,25-30,44-45,70H,1,4,6-7,12-19H2,2-3,5H3,(H,43,60)(H,47,53)(H,48,63)(H,49,61)(H,50,62)(H,51,64)(H,52,65)(H,54,55)(H,56,57)(H,58,59)(H,66,67)(H,68,69)/b46-21+/t25-,26-,27-,28-,29-,30-/m0/s1. The number of carboxylic acids is 5. The van der Waals surface area contributed by atoms with Crippen molar-refractivity contribution in [2.24, 2.45) is 4.99 Å². The molecule has 14 N–H and O–H groups in total. The number of thiol groups is 1. The zero-order valence-corrected chi connectivity index (χ0v) is 39.2. The second-order valence-electron chi connectivity index (χ2n) is 15.2. The molecule has 0 unspecified atom stereocenters. The highest BCUT2D eigenvalue weighted by Gasteiger charge is 2.35. The zero-order valence-electron chi connectivity index (χ0n) is 38.3. The molecule has 7 amide bonds. The van der Waals surface area contributed by atoms with Gasteiger partial charge in [-0.05, 0) is 57.4 Å². The van der Waals surface area contributed by atoms with E-state index in [1.165, 1.54) is 31.3 Å². The second-order valence-corrected chi connectivity index (χ2v) is 15.6. The first-order valence-corrected chi connectivity index (χ1v) is 21.6. The van der Waals surface area contributed by atoms with Gasteiger partial charge in [0.05, 0.1) is 25.8 Å². The number of likely N-dealkylation sites (N-methyl/N-ethyl adjacent to an activating group) is 1. The van der Waals surface area contributed by atoms with Gasteiger partial charge in [0, 0.05) is 48.4 Å². The lowest BCUT2D eigenvalue weighted by atomic mass is 10.1. The highest BCUT2D eigenvalue weighted by Crippen LogP contribution is 2.12. The van der Waals surface area contributed by atoms with E-state index in [0.717, 1.165) is 0 Å². The van der Waals surface area contributed by atoms with Crippen molar-refractivity contribution in [2.45, 2.75) is 95.0 Å². The molecule has 0 heterocycles. The minimum atomic E-state index is -2.06. The number of hydrogen-bond donors (Lipinski definition) is 15. The Labute approximate surface area is 405 Å². The van der Waals surface area contributed by atoms with Gasteiger partial charge >= 0.3 is 29.8 Å². The summed E-state index contributed by atoms with van der Waals surface area (Å²) in [5.74, 6) is -16.0. The Balaban J connectivity index is 3.21. The highest BCUT2D eigenvalue weighted by atomic mass is 32.1. The van der Waals surface area contributed by atoms with Crippen molar-refractivity contribution >= 4 is 95.2 Å². The van der Waals surface area contributed by atoms with Crippen LogP contribution in [0.4, 0.5) is 5.69 Å². The van der Waals surface area contributed by atoms with Crippen LogP contribution in [0.3, 0.4) is 0 Å². The SMILES string of the molecule is C=C(C)NCCC[C@H](NC(=O)[C@H](CC(=O)O)NC(=O)CC[C@H](NC(=O)c1ccc(NC/C(C)=N/C(=C)C(=O)NC)cc1)C(=O)O)C(=O)N[C@@H](CC(=O)O)C(=O)N[C@@H](CC(=O)O)C(=O)N[C@@H](CS)C(=O)O. The van der Waals surface area contributed by atoms with E-state index in [-0.39, 0.29) is 37.2 Å². The lowest BCUT2D eigenvalue weighted by Crippen LogP contribution is -2.59. The lowest BCUT2D eigenvalue weighted by Gasteiger charge is -2.26. The monoisotopic (exact) mass is 1010 g/mol. The summed E-state index contributed by atoms with van der Waals surface area (Å²) in [4.78, 5) is 154. The minimum absolute atomic E-state index is 0.00136. The Morgan fingerprint density at radius 2 is 1.07 bits per heavy atom. The molecule has 27 nitrogen and oxygen atoms in total. The van der Waals surface area contributed by atoms with Gasteiger partial charge in [-0.25, -0.2) is 9.59 Å². The van der Waals surface area contributed by atoms with Crippen LogP contribution < -0.4 is 47.9 Å². The van der Waals surface area contributed by atoms with Gasteiger partial charge in [-0.3, -0.25) is 52.9 Å². The maximum Gasteiger partial charge on any atom is 0.327 e. The molecule has 1 aromatic carbocycles. The zero-order chi connectivity index (χ0) is 53.2. The van der Waals surface area contributed by atoms with E-state index in [9.17, 15) is 83.1 Å². The Morgan fingerprint density at radius 1 is 0.614 bits per heavy atom. The summed E-state index contributed by atoms with van der Waals surface area (Å²) in [5, 5.41) is 68.6. The molecule has 0 aliphatic rings. The molecule has 0 saturated carbocycles. The maximum absolute atomic E-state index is 13.7. The van der Waals surface area contributed by atoms with Crippen LogP contribution >= 0.6 is 12.6 Å². The molecule has 28 heteroatoms. The molecule has 0 saturated heterocycles. The summed E-state index contributed by atoms with van der Waals surface area (Å²) < 4.78 is 0. The Kier molecular flexibility index (Phi) is 26.0. The fourth-order valence-electron chi connectivity index (χ4n) is 5.78. The van der Waals surface area contributed by atoms with Crippen LogP contribution in [-0.4, -0.2) is 165 Å². The fraction of sp³-hybridized carbons (Fsp3) is 0.452. The Bertz CT molecular complexity index is 2190. The van der Waals surface area contributed by atoms with Crippen LogP contribution in [-0.2, 0) is 52.7 Å². The molecule has 384 valence electrons. The van der Waals surface area contributed by atoms with E-state index in [2.05, 4.69) is 68.0 Å². The predicted molar refractivity (Wildman–Crippen MR) is 249 cm³/mol. The molecule has 0 aromatic heterocycles. The van der Waals surface area contributed by atoms with Gasteiger partial charge in [0.25, 0.3) is 11.8 Å². The molecule has 0 radical (unpaired) electrons. The average molecular weight is 1010 g/mol. The van der Waals surface area contributed by atoms with Gasteiger partial charge in [-0.2, -0.15) is 12.6 Å². The fourth-order valence-corrected chi connectivity index (χ4v) is 6.03. The van der Waals surface area contributed by atoms with Gasteiger partial charge in [0.15, 0.2) is 0 Å². The van der Waals surface area contributed by atoms with Crippen molar-refractivity contribution in [1.82, 2.24) is 42.5 Å². The molecule has 0 aliphatic carbocycles. The third-order valence-corrected chi connectivity index (χ3v) is 9.72. The largest absolute Gasteiger partial charge is 0.481 e. The van der Waals surface area contributed by atoms with Gasteiger partial charge < -0.3 is 73.4 Å². The molecule has 0 bridgehead atoms. The van der Waals surface area contributed by atoms with Gasteiger partial charge in [0.2, 0.25) is 29.5 Å². The molecule has 1 aromatic rings. The Morgan fingerprint density at radius 3 is 1.51 bits per heavy atom. The van der Waals surface area contributed by atoms with Crippen molar-refractivity contribution in [3.05, 3.63) is 54.4 Å². The highest BCUT2D eigenvalue weighted by molar-refractivity contribution is 7.80. The van der Waals surface area contributed by atoms with Crippen molar-refractivity contribution in [3.8, 4) is 0 Å². The van der Waals surface area contributed by atoms with Crippen molar-refractivity contribution in [3.63, 3.8) is 0 Å². The van der Waals surface area contributed by atoms with E-state index in [1.807, 2.05) is 10.6 Å². The third kappa shape index (κ3) is 23.1. The number of benzene rings is 1. The maximum atomic E-state index is 13.7. The number of anilines is 1. The first-order chi connectivity index (χ1) is 32.8. The van der Waals surface area contributed by atoms with Crippen LogP contribution in [0, 0.1) is 0 Å². The molecular weight excluding hydrogens is 949 g/mol. The average Bonchev–Trinajstić information content (AvgIpc) is 3.27. The summed E-state index contributed by atoms with van der Waals surface area (Å²) in [6.07, 6.45) is -4.78. The summed E-state index contributed by atoms with van der Waals surface area (Å²) in [6, 6.07) is -5.13. The first-order valence-electron chi connectivity index (χ1n) is 21.0. The molecule has 0 fully saturated rings. The van der Waals surface area contributed by atoms with Crippen LogP contribution in [0.15, 0.2) is 53.8 Å². The molecular formula is C42H58N10O17S. The van der Waals surface area contributed by atoms with E-state index in [4.69, 9.17) is 0 Å². The lowest BCUT2D eigenvalue weighted by molar-refractivity contribution is -0.144. The number of carboxylic acid groups (broad SMARTS) is 5. The van der Waals surface area contributed by atoms with Crippen molar-refractivity contribution in [1.29, 1.82) is 0 Å². The van der Waals surface area contributed by atoms with E-state index >= 15 is 0 Å². The van der Waals surface area contributed by atoms with Gasteiger partial charge in [-0.15, -0.1) is 0 Å². The van der Waals surface area contributed by atoms with Crippen molar-refractivity contribution < 1.29 is 83.1 Å². The van der Waals surface area contributed by atoms with Crippen molar-refractivity contribution in [2.75, 3.05) is 31.2 Å². The molecule has 6 atom stereocenters. The summed E-state index contributed by atoms with van der Waals surface area (Å²) in [7, 11) is 1.43. The van der Waals surface area contributed by atoms with E-state index < -0.39 is 145 Å². The Hall–Kier alpha value is -8.04. The summed E-state index contributed by atoms with van der Waals surface area (Å²) >= 11 is 3.79.